The Morgan fingerprint density at radius 1 is 1.27 bits per heavy atom. The van der Waals surface area contributed by atoms with Crippen LogP contribution in [0, 0.1) is 11.8 Å². The van der Waals surface area contributed by atoms with Crippen LogP contribution in [0.5, 0.6) is 0 Å². The van der Waals surface area contributed by atoms with E-state index in [9.17, 15) is 4.79 Å². The molecule has 15 heavy (non-hydrogen) atoms. The Bertz CT molecular complexity index is 191. The molecule has 0 saturated carbocycles. The number of carbonyl (C=O) groups is 1. The normalized spacial score (nSPS) is 33.3. The van der Waals surface area contributed by atoms with Crippen LogP contribution < -0.4 is 0 Å². The van der Waals surface area contributed by atoms with Gasteiger partial charge < -0.3 is 4.79 Å². The second kappa shape index (κ2) is 5.64. The summed E-state index contributed by atoms with van der Waals surface area (Å²) in [7, 11) is 0. The number of piperidine rings is 1. The van der Waals surface area contributed by atoms with Crippen molar-refractivity contribution < 1.29 is 4.79 Å². The van der Waals surface area contributed by atoms with Crippen LogP contribution in [-0.2, 0) is 4.79 Å². The van der Waals surface area contributed by atoms with Crippen molar-refractivity contribution in [2.75, 3.05) is 6.54 Å². The number of hydrogen-bond acceptors (Lipinski definition) is 2. The Kier molecular flexibility index (Phi) is 4.78. The number of hydrogen-bond donors (Lipinski definition) is 0. The molecule has 2 atom stereocenters. The van der Waals surface area contributed by atoms with Crippen molar-refractivity contribution in [3.05, 3.63) is 0 Å². The third-order valence-electron chi connectivity index (χ3n) is 3.58. The number of likely N-dealkylation sites (tertiary alicyclic amines) is 1. The standard InChI is InChI=1S/C13H25NO/c1-10(2)5-6-14-11(3)7-13(9-15)8-12(14)4/h9-13H,5-8H2,1-4H3/t11-,12-/m1/s1. The van der Waals surface area contributed by atoms with E-state index in [0.29, 0.717) is 18.0 Å². The molecule has 1 rings (SSSR count). The first-order chi connectivity index (χ1) is 7.04. The van der Waals surface area contributed by atoms with Gasteiger partial charge in [-0.05, 0) is 45.6 Å². The van der Waals surface area contributed by atoms with Crippen molar-refractivity contribution in [1.29, 1.82) is 0 Å². The molecule has 88 valence electrons. The lowest BCUT2D eigenvalue weighted by Crippen LogP contribution is -2.47. The summed E-state index contributed by atoms with van der Waals surface area (Å²) in [5.41, 5.74) is 0. The summed E-state index contributed by atoms with van der Waals surface area (Å²) in [6.45, 7) is 10.2. The van der Waals surface area contributed by atoms with Gasteiger partial charge in [0.15, 0.2) is 0 Å². The lowest BCUT2D eigenvalue weighted by atomic mass is 9.88. The maximum absolute atomic E-state index is 10.8. The van der Waals surface area contributed by atoms with Crippen LogP contribution in [0.4, 0.5) is 0 Å². The van der Waals surface area contributed by atoms with Crippen LogP contribution in [0.1, 0.15) is 47.0 Å². The summed E-state index contributed by atoms with van der Waals surface area (Å²) >= 11 is 0. The summed E-state index contributed by atoms with van der Waals surface area (Å²) in [5.74, 6) is 1.07. The number of aldehydes is 1. The second-order valence-corrected chi connectivity index (χ2v) is 5.49. The van der Waals surface area contributed by atoms with E-state index >= 15 is 0 Å². The minimum absolute atomic E-state index is 0.297. The molecule has 0 amide bonds. The number of nitrogens with zero attached hydrogens (tertiary/aromatic N) is 1. The molecule has 2 nitrogen and oxygen atoms in total. The summed E-state index contributed by atoms with van der Waals surface area (Å²) in [5, 5.41) is 0. The molecular formula is C13H25NO. The smallest absolute Gasteiger partial charge is 0.123 e. The Morgan fingerprint density at radius 3 is 2.20 bits per heavy atom. The molecule has 1 aliphatic rings. The van der Waals surface area contributed by atoms with Crippen molar-refractivity contribution in [3.63, 3.8) is 0 Å². The van der Waals surface area contributed by atoms with Crippen LogP contribution >= 0.6 is 0 Å². The lowest BCUT2D eigenvalue weighted by Gasteiger charge is -2.41. The summed E-state index contributed by atoms with van der Waals surface area (Å²) in [6, 6.07) is 1.14. The monoisotopic (exact) mass is 211 g/mol. The average molecular weight is 211 g/mol. The third kappa shape index (κ3) is 3.60. The molecule has 1 saturated heterocycles. The minimum Gasteiger partial charge on any atom is -0.303 e. The van der Waals surface area contributed by atoms with Crippen molar-refractivity contribution in [3.8, 4) is 0 Å². The van der Waals surface area contributed by atoms with Crippen LogP contribution in [0.2, 0.25) is 0 Å². The first kappa shape index (κ1) is 12.7. The predicted molar refractivity (Wildman–Crippen MR) is 63.9 cm³/mol. The van der Waals surface area contributed by atoms with Gasteiger partial charge in [-0.2, -0.15) is 0 Å². The highest BCUT2D eigenvalue weighted by Crippen LogP contribution is 2.26. The Balaban J connectivity index is 2.46. The molecular weight excluding hydrogens is 186 g/mol. The highest BCUT2D eigenvalue weighted by atomic mass is 16.1. The molecule has 0 unspecified atom stereocenters. The van der Waals surface area contributed by atoms with Crippen molar-refractivity contribution in [2.45, 2.75) is 59.0 Å². The number of carbonyl (C=O) groups excluding carboxylic acids is 1. The molecule has 1 heterocycles. The van der Waals surface area contributed by atoms with Crippen molar-refractivity contribution in [2.24, 2.45) is 11.8 Å². The summed E-state index contributed by atoms with van der Waals surface area (Å²) < 4.78 is 0. The summed E-state index contributed by atoms with van der Waals surface area (Å²) in [6.07, 6.45) is 4.51. The van der Waals surface area contributed by atoms with Gasteiger partial charge in [-0.15, -0.1) is 0 Å². The fourth-order valence-corrected chi connectivity index (χ4v) is 2.64. The third-order valence-corrected chi connectivity index (χ3v) is 3.58. The van der Waals surface area contributed by atoms with Crippen LogP contribution in [0.25, 0.3) is 0 Å². The van der Waals surface area contributed by atoms with Crippen molar-refractivity contribution >= 4 is 6.29 Å². The second-order valence-electron chi connectivity index (χ2n) is 5.49. The fourth-order valence-electron chi connectivity index (χ4n) is 2.64. The Morgan fingerprint density at radius 2 is 1.80 bits per heavy atom. The number of rotatable bonds is 4. The predicted octanol–water partition coefficient (Wildman–Crippen LogP) is 2.72. The first-order valence-electron chi connectivity index (χ1n) is 6.25. The van der Waals surface area contributed by atoms with Gasteiger partial charge in [-0.25, -0.2) is 0 Å². The summed E-state index contributed by atoms with van der Waals surface area (Å²) in [4.78, 5) is 13.4. The Hall–Kier alpha value is -0.370. The van der Waals surface area contributed by atoms with Gasteiger partial charge >= 0.3 is 0 Å². The minimum atomic E-state index is 0.297. The zero-order chi connectivity index (χ0) is 11.4. The van der Waals surface area contributed by atoms with Crippen LogP contribution in [0.15, 0.2) is 0 Å². The van der Waals surface area contributed by atoms with Crippen LogP contribution in [0.3, 0.4) is 0 Å². The van der Waals surface area contributed by atoms with E-state index in [0.717, 1.165) is 25.0 Å². The largest absolute Gasteiger partial charge is 0.303 e. The quantitative estimate of drug-likeness (QED) is 0.666. The fraction of sp³-hybridized carbons (Fsp3) is 0.923. The van der Waals surface area contributed by atoms with Gasteiger partial charge in [0, 0.05) is 18.0 Å². The SMILES string of the molecule is CC(C)CCN1[C@H](C)CC(C=O)C[C@H]1C. The van der Waals surface area contributed by atoms with Gasteiger partial charge in [0.2, 0.25) is 0 Å². The zero-order valence-corrected chi connectivity index (χ0v) is 10.6. The molecule has 0 aromatic carbocycles. The van der Waals surface area contributed by atoms with E-state index in [1.54, 1.807) is 0 Å². The molecule has 0 aliphatic carbocycles. The molecule has 0 spiro atoms. The van der Waals surface area contributed by atoms with E-state index in [-0.39, 0.29) is 0 Å². The average Bonchev–Trinajstić information content (AvgIpc) is 2.15. The highest BCUT2D eigenvalue weighted by molar-refractivity contribution is 5.53. The molecule has 2 heteroatoms. The van der Waals surface area contributed by atoms with Gasteiger partial charge in [0.25, 0.3) is 0 Å². The highest BCUT2D eigenvalue weighted by Gasteiger charge is 2.30. The Labute approximate surface area is 94.0 Å². The van der Waals surface area contributed by atoms with E-state index in [1.807, 2.05) is 0 Å². The van der Waals surface area contributed by atoms with Crippen LogP contribution in [-0.4, -0.2) is 29.8 Å². The van der Waals surface area contributed by atoms with Gasteiger partial charge in [0.05, 0.1) is 0 Å². The van der Waals surface area contributed by atoms with Gasteiger partial charge in [-0.3, -0.25) is 4.90 Å². The maximum atomic E-state index is 10.8. The molecule has 1 aliphatic heterocycles. The molecule has 0 bridgehead atoms. The van der Waals surface area contributed by atoms with E-state index < -0.39 is 0 Å². The molecule has 1 fully saturated rings. The van der Waals surface area contributed by atoms with Gasteiger partial charge in [-0.1, -0.05) is 13.8 Å². The lowest BCUT2D eigenvalue weighted by molar-refractivity contribution is -0.113. The van der Waals surface area contributed by atoms with E-state index in [2.05, 4.69) is 32.6 Å². The molecule has 0 aromatic heterocycles. The molecule has 0 radical (unpaired) electrons. The van der Waals surface area contributed by atoms with E-state index in [4.69, 9.17) is 0 Å². The topological polar surface area (TPSA) is 20.3 Å². The van der Waals surface area contributed by atoms with E-state index in [1.165, 1.54) is 13.0 Å². The maximum Gasteiger partial charge on any atom is 0.123 e. The molecule has 0 N–H and O–H groups in total. The first-order valence-corrected chi connectivity index (χ1v) is 6.25. The zero-order valence-electron chi connectivity index (χ0n) is 10.6. The molecule has 0 aromatic rings. The van der Waals surface area contributed by atoms with Gasteiger partial charge in [0.1, 0.15) is 6.29 Å². The van der Waals surface area contributed by atoms with Crippen molar-refractivity contribution in [1.82, 2.24) is 4.90 Å².